The SMILES string of the molecule is O=C(COc1ccc(Cl)cc1)N/N=C/c1c(-c2ccccc2)[nH]c2ccccc12. The molecule has 6 heteroatoms. The highest BCUT2D eigenvalue weighted by Gasteiger charge is 2.11. The molecule has 0 bridgehead atoms. The van der Waals surface area contributed by atoms with Crippen LogP contribution in [0.2, 0.25) is 5.02 Å². The molecule has 1 heterocycles. The number of hydrogen-bond acceptors (Lipinski definition) is 3. The van der Waals surface area contributed by atoms with Crippen LogP contribution in [0.5, 0.6) is 5.75 Å². The Hall–Kier alpha value is -3.57. The van der Waals surface area contributed by atoms with E-state index in [1.807, 2.05) is 54.6 Å². The Kier molecular flexibility index (Phi) is 5.59. The van der Waals surface area contributed by atoms with Crippen LogP contribution in [0.3, 0.4) is 0 Å². The fourth-order valence-corrected chi connectivity index (χ4v) is 3.14. The Morgan fingerprint density at radius 3 is 2.52 bits per heavy atom. The normalized spacial score (nSPS) is 11.1. The summed E-state index contributed by atoms with van der Waals surface area (Å²) in [5.41, 5.74) is 6.41. The van der Waals surface area contributed by atoms with Crippen LogP contribution in [-0.2, 0) is 4.79 Å². The van der Waals surface area contributed by atoms with Crippen LogP contribution in [0.25, 0.3) is 22.2 Å². The first-order valence-electron chi connectivity index (χ1n) is 9.07. The van der Waals surface area contributed by atoms with Gasteiger partial charge in [0.05, 0.1) is 11.9 Å². The quantitative estimate of drug-likeness (QED) is 0.350. The van der Waals surface area contributed by atoms with Crippen molar-refractivity contribution < 1.29 is 9.53 Å². The molecule has 144 valence electrons. The summed E-state index contributed by atoms with van der Waals surface area (Å²) in [7, 11) is 0. The number of hydrogen-bond donors (Lipinski definition) is 2. The summed E-state index contributed by atoms with van der Waals surface area (Å²) in [6.07, 6.45) is 1.65. The van der Waals surface area contributed by atoms with Gasteiger partial charge in [-0.3, -0.25) is 4.79 Å². The summed E-state index contributed by atoms with van der Waals surface area (Å²) in [4.78, 5) is 15.5. The molecular weight excluding hydrogens is 386 g/mol. The second-order valence-electron chi connectivity index (χ2n) is 6.36. The smallest absolute Gasteiger partial charge is 0.277 e. The van der Waals surface area contributed by atoms with Gasteiger partial charge in [0.1, 0.15) is 5.75 Å². The van der Waals surface area contributed by atoms with Gasteiger partial charge in [0.15, 0.2) is 6.61 Å². The zero-order valence-corrected chi connectivity index (χ0v) is 16.2. The molecule has 4 rings (SSSR count). The lowest BCUT2D eigenvalue weighted by Crippen LogP contribution is -2.24. The predicted molar refractivity (Wildman–Crippen MR) is 116 cm³/mol. The van der Waals surface area contributed by atoms with Gasteiger partial charge in [-0.2, -0.15) is 5.10 Å². The summed E-state index contributed by atoms with van der Waals surface area (Å²) in [5.74, 6) is 0.217. The zero-order chi connectivity index (χ0) is 20.1. The van der Waals surface area contributed by atoms with E-state index < -0.39 is 0 Å². The molecule has 0 radical (unpaired) electrons. The molecule has 0 aliphatic heterocycles. The van der Waals surface area contributed by atoms with Crippen molar-refractivity contribution in [3.05, 3.63) is 89.4 Å². The average molecular weight is 404 g/mol. The number of hydrazone groups is 1. The molecule has 2 N–H and O–H groups in total. The number of rotatable bonds is 6. The number of nitrogens with zero attached hydrogens (tertiary/aromatic N) is 1. The third-order valence-corrected chi connectivity index (χ3v) is 4.63. The fraction of sp³-hybridized carbons (Fsp3) is 0.0435. The van der Waals surface area contributed by atoms with Gasteiger partial charge in [0.25, 0.3) is 5.91 Å². The number of halogens is 1. The maximum Gasteiger partial charge on any atom is 0.277 e. The molecule has 0 unspecified atom stereocenters. The summed E-state index contributed by atoms with van der Waals surface area (Å²) < 4.78 is 5.42. The number of aromatic amines is 1. The van der Waals surface area contributed by atoms with Gasteiger partial charge >= 0.3 is 0 Å². The molecule has 0 aliphatic carbocycles. The van der Waals surface area contributed by atoms with Gasteiger partial charge < -0.3 is 9.72 Å². The zero-order valence-electron chi connectivity index (χ0n) is 15.4. The lowest BCUT2D eigenvalue weighted by Gasteiger charge is -2.05. The molecule has 4 aromatic rings. The van der Waals surface area contributed by atoms with E-state index in [0.717, 1.165) is 27.7 Å². The Morgan fingerprint density at radius 1 is 1.00 bits per heavy atom. The minimum Gasteiger partial charge on any atom is -0.484 e. The minimum atomic E-state index is -0.350. The second-order valence-corrected chi connectivity index (χ2v) is 6.80. The van der Waals surface area contributed by atoms with E-state index in [4.69, 9.17) is 16.3 Å². The Morgan fingerprint density at radius 2 is 1.72 bits per heavy atom. The number of fused-ring (bicyclic) bond motifs is 1. The van der Waals surface area contributed by atoms with Gasteiger partial charge in [-0.1, -0.05) is 60.1 Å². The molecular formula is C23H18ClN3O2. The first kappa shape index (κ1) is 18.8. The molecule has 29 heavy (non-hydrogen) atoms. The van der Waals surface area contributed by atoms with Crippen molar-refractivity contribution >= 4 is 34.6 Å². The molecule has 0 saturated heterocycles. The van der Waals surface area contributed by atoms with E-state index in [1.54, 1.807) is 30.5 Å². The number of H-pyrrole nitrogens is 1. The van der Waals surface area contributed by atoms with E-state index in [1.165, 1.54) is 0 Å². The van der Waals surface area contributed by atoms with Crippen molar-refractivity contribution in [2.24, 2.45) is 5.10 Å². The van der Waals surface area contributed by atoms with E-state index in [0.29, 0.717) is 10.8 Å². The Bertz CT molecular complexity index is 1150. The summed E-state index contributed by atoms with van der Waals surface area (Å²) in [6, 6.07) is 24.8. The van der Waals surface area contributed by atoms with Crippen molar-refractivity contribution in [3.63, 3.8) is 0 Å². The third-order valence-electron chi connectivity index (χ3n) is 4.38. The summed E-state index contributed by atoms with van der Waals surface area (Å²) in [6.45, 7) is -0.140. The summed E-state index contributed by atoms with van der Waals surface area (Å²) in [5, 5.41) is 5.77. The topological polar surface area (TPSA) is 66.5 Å². The van der Waals surface area contributed by atoms with Crippen molar-refractivity contribution in [1.29, 1.82) is 0 Å². The molecule has 0 spiro atoms. The number of carbonyl (C=O) groups is 1. The Labute approximate surface area is 173 Å². The Balaban J connectivity index is 1.49. The predicted octanol–water partition coefficient (Wildman–Crippen LogP) is 5.02. The van der Waals surface area contributed by atoms with Gasteiger partial charge in [-0.25, -0.2) is 5.43 Å². The molecule has 0 atom stereocenters. The van der Waals surface area contributed by atoms with E-state index in [2.05, 4.69) is 15.5 Å². The van der Waals surface area contributed by atoms with Crippen molar-refractivity contribution in [2.75, 3.05) is 6.61 Å². The first-order chi connectivity index (χ1) is 14.2. The maximum atomic E-state index is 12.0. The van der Waals surface area contributed by atoms with Crippen LogP contribution < -0.4 is 10.2 Å². The molecule has 0 saturated carbocycles. The lowest BCUT2D eigenvalue weighted by molar-refractivity contribution is -0.123. The molecule has 1 amide bonds. The number of para-hydroxylation sites is 1. The van der Waals surface area contributed by atoms with Crippen LogP contribution in [0.4, 0.5) is 0 Å². The largest absolute Gasteiger partial charge is 0.484 e. The van der Waals surface area contributed by atoms with Crippen LogP contribution >= 0.6 is 11.6 Å². The van der Waals surface area contributed by atoms with Crippen LogP contribution in [0.15, 0.2) is 84.0 Å². The van der Waals surface area contributed by atoms with Crippen molar-refractivity contribution in [2.45, 2.75) is 0 Å². The molecule has 3 aromatic carbocycles. The maximum absolute atomic E-state index is 12.0. The van der Waals surface area contributed by atoms with Gasteiger partial charge in [-0.15, -0.1) is 0 Å². The number of nitrogens with one attached hydrogen (secondary N) is 2. The van der Waals surface area contributed by atoms with Gasteiger partial charge in [0.2, 0.25) is 0 Å². The average Bonchev–Trinajstić information content (AvgIpc) is 3.13. The van der Waals surface area contributed by atoms with Gasteiger partial charge in [-0.05, 0) is 35.9 Å². The molecule has 1 aromatic heterocycles. The van der Waals surface area contributed by atoms with Gasteiger partial charge in [0, 0.05) is 21.5 Å². The molecule has 5 nitrogen and oxygen atoms in total. The number of benzene rings is 3. The van der Waals surface area contributed by atoms with Crippen molar-refractivity contribution in [3.8, 4) is 17.0 Å². The molecule has 0 aliphatic rings. The van der Waals surface area contributed by atoms with E-state index in [-0.39, 0.29) is 12.5 Å². The summed E-state index contributed by atoms with van der Waals surface area (Å²) >= 11 is 5.83. The molecule has 0 fully saturated rings. The van der Waals surface area contributed by atoms with E-state index >= 15 is 0 Å². The van der Waals surface area contributed by atoms with Crippen LogP contribution in [-0.4, -0.2) is 23.7 Å². The lowest BCUT2D eigenvalue weighted by atomic mass is 10.1. The standard InChI is InChI=1S/C23H18ClN3O2/c24-17-10-12-18(13-11-17)29-15-22(28)27-25-14-20-19-8-4-5-9-21(19)26-23(20)16-6-2-1-3-7-16/h1-14,26H,15H2,(H,27,28)/b25-14+. The fourth-order valence-electron chi connectivity index (χ4n) is 3.01. The third kappa shape index (κ3) is 4.47. The monoisotopic (exact) mass is 403 g/mol. The highest BCUT2D eigenvalue weighted by atomic mass is 35.5. The van der Waals surface area contributed by atoms with Crippen molar-refractivity contribution in [1.82, 2.24) is 10.4 Å². The number of carbonyl (C=O) groups excluding carboxylic acids is 1. The minimum absolute atomic E-state index is 0.140. The van der Waals surface area contributed by atoms with E-state index in [9.17, 15) is 4.79 Å². The number of aromatic nitrogens is 1. The first-order valence-corrected chi connectivity index (χ1v) is 9.45. The number of ether oxygens (including phenoxy) is 1. The highest BCUT2D eigenvalue weighted by molar-refractivity contribution is 6.30. The van der Waals surface area contributed by atoms with Crippen LogP contribution in [0.1, 0.15) is 5.56 Å². The highest BCUT2D eigenvalue weighted by Crippen LogP contribution is 2.28. The number of amides is 1. The van der Waals surface area contributed by atoms with Crippen LogP contribution in [0, 0.1) is 0 Å². The second kappa shape index (κ2) is 8.63.